The highest BCUT2D eigenvalue weighted by Gasteiger charge is 2.26. The molecule has 0 atom stereocenters. The predicted octanol–water partition coefficient (Wildman–Crippen LogP) is 2.02. The molecule has 0 aliphatic carbocycles. The highest BCUT2D eigenvalue weighted by molar-refractivity contribution is 5.93. The number of anilines is 1. The van der Waals surface area contributed by atoms with E-state index in [-0.39, 0.29) is 18.0 Å². The Hall–Kier alpha value is -2.05. The van der Waals surface area contributed by atoms with Crippen LogP contribution in [0.25, 0.3) is 0 Å². The van der Waals surface area contributed by atoms with Gasteiger partial charge in [0.25, 0.3) is 5.56 Å². The van der Waals surface area contributed by atoms with Crippen molar-refractivity contribution in [1.82, 2.24) is 9.78 Å². The Kier molecular flexibility index (Phi) is 7.06. The van der Waals surface area contributed by atoms with Crippen LogP contribution in [0.3, 0.4) is 0 Å². The molecule has 0 spiro atoms. The van der Waals surface area contributed by atoms with E-state index in [0.29, 0.717) is 25.6 Å². The highest BCUT2D eigenvalue weighted by atomic mass is 16.5. The summed E-state index contributed by atoms with van der Waals surface area (Å²) in [6, 6.07) is 0. The van der Waals surface area contributed by atoms with Crippen LogP contribution in [0.2, 0.25) is 0 Å². The maximum atomic E-state index is 12.5. The van der Waals surface area contributed by atoms with Crippen LogP contribution in [0.5, 0.6) is 5.75 Å². The number of aromatic nitrogens is 2. The van der Waals surface area contributed by atoms with Gasteiger partial charge in [0.2, 0.25) is 0 Å². The van der Waals surface area contributed by atoms with Crippen molar-refractivity contribution in [1.29, 1.82) is 0 Å². The summed E-state index contributed by atoms with van der Waals surface area (Å²) in [4.78, 5) is 26.4. The number of esters is 1. The molecule has 23 heavy (non-hydrogen) atoms. The fourth-order valence-corrected chi connectivity index (χ4v) is 2.20. The first-order chi connectivity index (χ1) is 10.9. The van der Waals surface area contributed by atoms with Gasteiger partial charge in [-0.05, 0) is 33.1 Å². The largest absolute Gasteiger partial charge is 0.503 e. The fourth-order valence-electron chi connectivity index (χ4n) is 2.20. The third-order valence-electron chi connectivity index (χ3n) is 3.57. The maximum Gasteiger partial charge on any atom is 0.347 e. The Bertz CT molecular complexity index is 592. The van der Waals surface area contributed by atoms with Gasteiger partial charge in [-0.1, -0.05) is 13.8 Å². The summed E-state index contributed by atoms with van der Waals surface area (Å²) in [5.74, 6) is -0.594. The molecule has 0 amide bonds. The third-order valence-corrected chi connectivity index (χ3v) is 3.57. The van der Waals surface area contributed by atoms with Gasteiger partial charge in [-0.15, -0.1) is 5.10 Å². The van der Waals surface area contributed by atoms with Crippen LogP contribution in [-0.4, -0.2) is 40.6 Å². The predicted molar refractivity (Wildman–Crippen MR) is 89.1 cm³/mol. The van der Waals surface area contributed by atoms with E-state index >= 15 is 0 Å². The second-order valence-electron chi connectivity index (χ2n) is 5.65. The third kappa shape index (κ3) is 4.46. The van der Waals surface area contributed by atoms with Crippen molar-refractivity contribution in [2.45, 2.75) is 47.6 Å². The SMILES string of the molecule is CCOC(=O)c1c(O)c(N(CC)CC)nn(CCC(C)C)c1=O. The molecule has 7 heteroatoms. The number of hydrogen-bond donors (Lipinski definition) is 1. The topological polar surface area (TPSA) is 84.7 Å². The van der Waals surface area contributed by atoms with Crippen LogP contribution in [0, 0.1) is 5.92 Å². The van der Waals surface area contributed by atoms with Crippen LogP contribution in [-0.2, 0) is 11.3 Å². The molecular formula is C16H27N3O4. The average molecular weight is 325 g/mol. The Morgan fingerprint density at radius 3 is 2.39 bits per heavy atom. The molecule has 1 aromatic heterocycles. The molecule has 7 nitrogen and oxygen atoms in total. The number of carbonyl (C=O) groups excluding carboxylic acids is 1. The standard InChI is InChI=1S/C16H27N3O4/c1-6-18(7-2)14-13(20)12(16(22)23-8-3)15(21)19(17-14)10-9-11(4)5/h11,20H,6-10H2,1-5H3. The van der Waals surface area contributed by atoms with E-state index in [1.54, 1.807) is 11.8 Å². The van der Waals surface area contributed by atoms with Crippen LogP contribution in [0.4, 0.5) is 5.82 Å². The molecule has 0 saturated carbocycles. The van der Waals surface area contributed by atoms with E-state index in [0.717, 1.165) is 6.42 Å². The molecular weight excluding hydrogens is 298 g/mol. The molecule has 1 N–H and O–H groups in total. The summed E-state index contributed by atoms with van der Waals surface area (Å²) in [6.45, 7) is 11.3. The lowest BCUT2D eigenvalue weighted by Crippen LogP contribution is -2.34. The van der Waals surface area contributed by atoms with E-state index in [2.05, 4.69) is 5.10 Å². The summed E-state index contributed by atoms with van der Waals surface area (Å²) in [6.07, 6.45) is 0.748. The lowest BCUT2D eigenvalue weighted by molar-refractivity contribution is 0.0519. The first kappa shape index (κ1) is 19.0. The van der Waals surface area contributed by atoms with Crippen LogP contribution >= 0.6 is 0 Å². The number of nitrogens with zero attached hydrogens (tertiary/aromatic N) is 3. The summed E-state index contributed by atoms with van der Waals surface area (Å²) in [5.41, 5.74) is -0.954. The van der Waals surface area contributed by atoms with Crippen LogP contribution in [0.15, 0.2) is 4.79 Å². The van der Waals surface area contributed by atoms with Crippen molar-refractivity contribution in [2.75, 3.05) is 24.6 Å². The average Bonchev–Trinajstić information content (AvgIpc) is 2.49. The van der Waals surface area contributed by atoms with E-state index in [9.17, 15) is 14.7 Å². The summed E-state index contributed by atoms with van der Waals surface area (Å²) < 4.78 is 6.16. The minimum Gasteiger partial charge on any atom is -0.503 e. The van der Waals surface area contributed by atoms with Crippen LogP contribution < -0.4 is 10.5 Å². The number of hydrogen-bond acceptors (Lipinski definition) is 6. The molecule has 0 unspecified atom stereocenters. The van der Waals surface area contributed by atoms with Gasteiger partial charge in [-0.3, -0.25) is 4.79 Å². The zero-order chi connectivity index (χ0) is 17.6. The summed E-state index contributed by atoms with van der Waals surface area (Å²) >= 11 is 0. The number of ether oxygens (including phenoxy) is 1. The van der Waals surface area contributed by atoms with E-state index < -0.39 is 17.3 Å². The van der Waals surface area contributed by atoms with Crippen molar-refractivity contribution in [3.63, 3.8) is 0 Å². The fraction of sp³-hybridized carbons (Fsp3) is 0.688. The maximum absolute atomic E-state index is 12.5. The highest BCUT2D eigenvalue weighted by Crippen LogP contribution is 2.26. The second kappa shape index (κ2) is 8.55. The zero-order valence-electron chi connectivity index (χ0n) is 14.6. The van der Waals surface area contributed by atoms with Crippen molar-refractivity contribution >= 4 is 11.8 Å². The molecule has 0 aliphatic rings. The Balaban J connectivity index is 3.47. The smallest absolute Gasteiger partial charge is 0.347 e. The molecule has 1 aromatic rings. The quantitative estimate of drug-likeness (QED) is 0.736. The minimum atomic E-state index is -0.816. The normalized spacial score (nSPS) is 10.9. The molecule has 0 aliphatic heterocycles. The van der Waals surface area contributed by atoms with Gasteiger partial charge in [-0.25, -0.2) is 9.48 Å². The van der Waals surface area contributed by atoms with Gasteiger partial charge in [0.1, 0.15) is 0 Å². The van der Waals surface area contributed by atoms with Crippen LogP contribution in [0.1, 0.15) is 51.4 Å². The number of aromatic hydroxyl groups is 1. The number of rotatable bonds is 8. The van der Waals surface area contributed by atoms with Gasteiger partial charge in [-0.2, -0.15) is 0 Å². The molecule has 0 aromatic carbocycles. The molecule has 0 bridgehead atoms. The number of aryl methyl sites for hydroxylation is 1. The van der Waals surface area contributed by atoms with Crippen molar-refractivity contribution < 1.29 is 14.6 Å². The molecule has 0 fully saturated rings. The van der Waals surface area contributed by atoms with E-state index in [1.807, 2.05) is 27.7 Å². The van der Waals surface area contributed by atoms with Crippen molar-refractivity contribution in [3.05, 3.63) is 15.9 Å². The summed E-state index contributed by atoms with van der Waals surface area (Å²) in [5, 5.41) is 14.6. The van der Waals surface area contributed by atoms with Crippen molar-refractivity contribution in [3.8, 4) is 5.75 Å². The van der Waals surface area contributed by atoms with Gasteiger partial charge in [0.15, 0.2) is 17.1 Å². The lowest BCUT2D eigenvalue weighted by Gasteiger charge is -2.22. The van der Waals surface area contributed by atoms with E-state index in [4.69, 9.17) is 4.74 Å². The first-order valence-corrected chi connectivity index (χ1v) is 8.13. The number of carbonyl (C=O) groups is 1. The molecule has 130 valence electrons. The zero-order valence-corrected chi connectivity index (χ0v) is 14.6. The Morgan fingerprint density at radius 1 is 1.30 bits per heavy atom. The Morgan fingerprint density at radius 2 is 1.91 bits per heavy atom. The van der Waals surface area contributed by atoms with Gasteiger partial charge < -0.3 is 14.7 Å². The Labute approximate surface area is 136 Å². The summed E-state index contributed by atoms with van der Waals surface area (Å²) in [7, 11) is 0. The second-order valence-corrected chi connectivity index (χ2v) is 5.65. The molecule has 1 heterocycles. The van der Waals surface area contributed by atoms with Gasteiger partial charge in [0.05, 0.1) is 6.61 Å². The van der Waals surface area contributed by atoms with Gasteiger partial charge >= 0.3 is 5.97 Å². The molecule has 0 saturated heterocycles. The van der Waals surface area contributed by atoms with Gasteiger partial charge in [0, 0.05) is 19.6 Å². The first-order valence-electron chi connectivity index (χ1n) is 8.13. The molecule has 0 radical (unpaired) electrons. The minimum absolute atomic E-state index is 0.132. The lowest BCUT2D eigenvalue weighted by atomic mass is 10.1. The molecule has 1 rings (SSSR count). The monoisotopic (exact) mass is 325 g/mol. The van der Waals surface area contributed by atoms with Crippen molar-refractivity contribution in [2.24, 2.45) is 5.92 Å². The van der Waals surface area contributed by atoms with E-state index in [1.165, 1.54) is 4.68 Å².